The van der Waals surface area contributed by atoms with Gasteiger partial charge in [-0.1, -0.05) is 12.1 Å². The first-order chi connectivity index (χ1) is 9.24. The van der Waals surface area contributed by atoms with Crippen LogP contribution in [0.4, 0.5) is 0 Å². The van der Waals surface area contributed by atoms with Crippen molar-refractivity contribution in [2.24, 2.45) is 0 Å². The number of likely N-dealkylation sites (N-methyl/N-ethyl adjacent to an activating group) is 2. The van der Waals surface area contributed by atoms with Gasteiger partial charge in [-0.05, 0) is 29.6 Å². The molecule has 2 aromatic rings. The molecular weight excluding hydrogens is 280 g/mol. The molecule has 8 heteroatoms. The molecule has 0 bridgehead atoms. The lowest BCUT2D eigenvalue weighted by molar-refractivity contribution is 0.0796. The number of carbonyl (C=O) groups excluding carboxylic acids is 1. The van der Waals surface area contributed by atoms with E-state index in [0.717, 1.165) is 6.54 Å². The fourth-order valence-corrected chi connectivity index (χ4v) is 1.71. The van der Waals surface area contributed by atoms with Crippen molar-refractivity contribution in [1.82, 2.24) is 30.4 Å². The van der Waals surface area contributed by atoms with Gasteiger partial charge in [-0.2, -0.15) is 4.68 Å². The van der Waals surface area contributed by atoms with Crippen molar-refractivity contribution >= 4 is 18.3 Å². The summed E-state index contributed by atoms with van der Waals surface area (Å²) in [5.41, 5.74) is 1.25. The van der Waals surface area contributed by atoms with Crippen molar-refractivity contribution in [2.75, 3.05) is 27.2 Å². The van der Waals surface area contributed by atoms with Gasteiger partial charge in [-0.3, -0.25) is 4.79 Å². The van der Waals surface area contributed by atoms with Gasteiger partial charge in [0.05, 0.1) is 11.3 Å². The smallest absolute Gasteiger partial charge is 0.255 e. The maximum absolute atomic E-state index is 12.4. The lowest BCUT2D eigenvalue weighted by atomic mass is 10.1. The van der Waals surface area contributed by atoms with Crippen molar-refractivity contribution < 1.29 is 4.79 Å². The summed E-state index contributed by atoms with van der Waals surface area (Å²) < 4.78 is 1.49. The summed E-state index contributed by atoms with van der Waals surface area (Å²) in [6.07, 6.45) is 1.47. The highest BCUT2D eigenvalue weighted by Crippen LogP contribution is 2.14. The number of hydrogen-bond acceptors (Lipinski definition) is 5. The first-order valence-corrected chi connectivity index (χ1v) is 5.96. The Morgan fingerprint density at radius 1 is 1.40 bits per heavy atom. The topological polar surface area (TPSA) is 75.9 Å². The quantitative estimate of drug-likeness (QED) is 0.863. The Hall–Kier alpha value is -1.99. The number of nitrogens with one attached hydrogen (secondary N) is 1. The largest absolute Gasteiger partial charge is 0.340 e. The Labute approximate surface area is 123 Å². The predicted octanol–water partition coefficient (Wildman–Crippen LogP) is 0.375. The zero-order chi connectivity index (χ0) is 13.7. The second-order valence-electron chi connectivity index (χ2n) is 4.10. The molecule has 0 aliphatic heterocycles. The zero-order valence-corrected chi connectivity index (χ0v) is 12.2. The number of rotatable bonds is 5. The van der Waals surface area contributed by atoms with Crippen molar-refractivity contribution in [3.8, 4) is 5.69 Å². The Balaban J connectivity index is 0.00000200. The van der Waals surface area contributed by atoms with E-state index in [1.165, 1.54) is 11.0 Å². The van der Waals surface area contributed by atoms with Gasteiger partial charge < -0.3 is 10.2 Å². The molecule has 0 atom stereocenters. The second-order valence-corrected chi connectivity index (χ2v) is 4.10. The standard InChI is InChI=1S/C12H16N6O.ClH/c1-13-7-8-17(2)12(19)10-5-3-4-6-11(10)18-9-14-15-16-18;/h3-6,9,13H,7-8H2,1-2H3;1H. The van der Waals surface area contributed by atoms with Crippen LogP contribution >= 0.6 is 12.4 Å². The van der Waals surface area contributed by atoms with Gasteiger partial charge in [0, 0.05) is 20.1 Å². The van der Waals surface area contributed by atoms with Gasteiger partial charge in [-0.25, -0.2) is 0 Å². The van der Waals surface area contributed by atoms with E-state index in [0.29, 0.717) is 17.8 Å². The molecule has 7 nitrogen and oxygen atoms in total. The third kappa shape index (κ3) is 3.52. The molecule has 0 radical (unpaired) electrons. The van der Waals surface area contributed by atoms with Crippen molar-refractivity contribution in [3.63, 3.8) is 0 Å². The van der Waals surface area contributed by atoms with Gasteiger partial charge in [-0.15, -0.1) is 17.5 Å². The summed E-state index contributed by atoms with van der Waals surface area (Å²) in [6, 6.07) is 7.26. The molecule has 1 N–H and O–H groups in total. The summed E-state index contributed by atoms with van der Waals surface area (Å²) in [4.78, 5) is 14.0. The van der Waals surface area contributed by atoms with Crippen molar-refractivity contribution in [1.29, 1.82) is 0 Å². The molecule has 1 aromatic carbocycles. The van der Waals surface area contributed by atoms with Crippen molar-refractivity contribution in [3.05, 3.63) is 36.2 Å². The predicted molar refractivity (Wildman–Crippen MR) is 77.3 cm³/mol. The van der Waals surface area contributed by atoms with Crippen LogP contribution < -0.4 is 5.32 Å². The van der Waals surface area contributed by atoms with Crippen molar-refractivity contribution in [2.45, 2.75) is 0 Å². The number of amides is 1. The Morgan fingerprint density at radius 3 is 2.80 bits per heavy atom. The van der Waals surface area contributed by atoms with E-state index in [4.69, 9.17) is 0 Å². The average molecular weight is 297 g/mol. The van der Waals surface area contributed by atoms with E-state index in [1.807, 2.05) is 25.2 Å². The maximum atomic E-state index is 12.4. The lowest BCUT2D eigenvalue weighted by Gasteiger charge is -2.18. The van der Waals surface area contributed by atoms with Crippen LogP contribution in [0.3, 0.4) is 0 Å². The van der Waals surface area contributed by atoms with Crippen LogP contribution in [0.15, 0.2) is 30.6 Å². The third-order valence-corrected chi connectivity index (χ3v) is 2.77. The lowest BCUT2D eigenvalue weighted by Crippen LogP contribution is -2.33. The summed E-state index contributed by atoms with van der Waals surface area (Å²) in [5.74, 6) is -0.0543. The van der Waals surface area contributed by atoms with Crippen LogP contribution in [0.5, 0.6) is 0 Å². The first kappa shape index (κ1) is 16.1. The molecule has 0 fully saturated rings. The second kappa shape index (κ2) is 7.56. The summed E-state index contributed by atoms with van der Waals surface area (Å²) in [5, 5.41) is 14.0. The maximum Gasteiger partial charge on any atom is 0.255 e. The SMILES string of the molecule is CNCCN(C)C(=O)c1ccccc1-n1cnnn1.Cl. The molecule has 20 heavy (non-hydrogen) atoms. The minimum absolute atomic E-state index is 0. The van der Waals surface area contributed by atoms with Gasteiger partial charge >= 0.3 is 0 Å². The molecule has 1 amide bonds. The van der Waals surface area contributed by atoms with E-state index < -0.39 is 0 Å². The number of nitrogens with zero attached hydrogens (tertiary/aromatic N) is 5. The molecular formula is C12H17ClN6O. The highest BCUT2D eigenvalue weighted by atomic mass is 35.5. The number of halogens is 1. The van der Waals surface area contributed by atoms with E-state index in [1.54, 1.807) is 18.0 Å². The monoisotopic (exact) mass is 296 g/mol. The summed E-state index contributed by atoms with van der Waals surface area (Å²) in [6.45, 7) is 1.38. The number of benzene rings is 1. The number of carbonyl (C=O) groups is 1. The third-order valence-electron chi connectivity index (χ3n) is 2.77. The minimum Gasteiger partial charge on any atom is -0.340 e. The van der Waals surface area contributed by atoms with Gasteiger partial charge in [0.25, 0.3) is 5.91 Å². The number of aromatic nitrogens is 4. The van der Waals surface area contributed by atoms with Crippen LogP contribution in [-0.2, 0) is 0 Å². The first-order valence-electron chi connectivity index (χ1n) is 5.96. The Bertz CT molecular complexity index is 545. The molecule has 1 aromatic heterocycles. The van der Waals surface area contributed by atoms with Crippen LogP contribution in [-0.4, -0.2) is 58.2 Å². The van der Waals surface area contributed by atoms with Crippen LogP contribution in [0.25, 0.3) is 5.69 Å². The minimum atomic E-state index is -0.0543. The van der Waals surface area contributed by atoms with Gasteiger partial charge in [0.2, 0.25) is 0 Å². The normalized spacial score (nSPS) is 9.90. The number of hydrogen-bond donors (Lipinski definition) is 1. The molecule has 0 unspecified atom stereocenters. The number of tetrazole rings is 1. The molecule has 0 saturated carbocycles. The molecule has 108 valence electrons. The average Bonchev–Trinajstić information content (AvgIpc) is 2.98. The fraction of sp³-hybridized carbons (Fsp3) is 0.333. The van der Waals surface area contributed by atoms with E-state index >= 15 is 0 Å². The molecule has 0 saturated heterocycles. The highest BCUT2D eigenvalue weighted by molar-refractivity contribution is 5.97. The van der Waals surface area contributed by atoms with Gasteiger partial charge in [0.15, 0.2) is 0 Å². The fourth-order valence-electron chi connectivity index (χ4n) is 1.71. The van der Waals surface area contributed by atoms with Gasteiger partial charge in [0.1, 0.15) is 6.33 Å². The Morgan fingerprint density at radius 2 is 2.15 bits per heavy atom. The van der Waals surface area contributed by atoms with Crippen LogP contribution in [0, 0.1) is 0 Å². The zero-order valence-electron chi connectivity index (χ0n) is 11.4. The van der Waals surface area contributed by atoms with Crippen LogP contribution in [0.2, 0.25) is 0 Å². The van der Waals surface area contributed by atoms with E-state index in [2.05, 4.69) is 20.8 Å². The summed E-state index contributed by atoms with van der Waals surface area (Å²) >= 11 is 0. The number of para-hydroxylation sites is 1. The van der Waals surface area contributed by atoms with E-state index in [-0.39, 0.29) is 18.3 Å². The van der Waals surface area contributed by atoms with Crippen LogP contribution in [0.1, 0.15) is 10.4 Å². The molecule has 1 heterocycles. The van der Waals surface area contributed by atoms with E-state index in [9.17, 15) is 4.79 Å². The molecule has 0 aliphatic rings. The molecule has 0 spiro atoms. The molecule has 2 rings (SSSR count). The highest BCUT2D eigenvalue weighted by Gasteiger charge is 2.16. The Kier molecular flexibility index (Phi) is 6.08. The summed E-state index contributed by atoms with van der Waals surface area (Å²) in [7, 11) is 3.63. The molecule has 0 aliphatic carbocycles.